The minimum Gasteiger partial charge on any atom is -0.494 e. The third kappa shape index (κ3) is 5.68. The summed E-state index contributed by atoms with van der Waals surface area (Å²) in [5.74, 6) is -0.377. The molecule has 3 heterocycles. The third-order valence-electron chi connectivity index (χ3n) is 6.98. The minimum atomic E-state index is -0.693. The van der Waals surface area contributed by atoms with Gasteiger partial charge in [-0.05, 0) is 31.3 Å². The Morgan fingerprint density at radius 1 is 1.12 bits per heavy atom. The topological polar surface area (TPSA) is 95.1 Å². The van der Waals surface area contributed by atoms with Crippen LogP contribution in [0.5, 0.6) is 5.75 Å². The Hall–Kier alpha value is -4.29. The second-order valence-electron chi connectivity index (χ2n) is 9.54. The predicted molar refractivity (Wildman–Crippen MR) is 149 cm³/mol. The van der Waals surface area contributed by atoms with Gasteiger partial charge >= 0.3 is 0 Å². The fourth-order valence-electron chi connectivity index (χ4n) is 4.89. The van der Waals surface area contributed by atoms with Gasteiger partial charge < -0.3 is 25.2 Å². The van der Waals surface area contributed by atoms with E-state index < -0.39 is 17.7 Å². The number of nitrogens with one attached hydrogen (secondary N) is 2. The maximum absolute atomic E-state index is 14.6. The Morgan fingerprint density at radius 2 is 1.88 bits per heavy atom. The van der Waals surface area contributed by atoms with E-state index in [4.69, 9.17) is 9.57 Å². The molecule has 0 saturated carbocycles. The van der Waals surface area contributed by atoms with Crippen molar-refractivity contribution in [3.8, 4) is 5.75 Å². The maximum atomic E-state index is 14.6. The molecule has 3 aromatic rings. The first kappa shape index (κ1) is 27.3. The van der Waals surface area contributed by atoms with E-state index in [1.165, 1.54) is 35.7 Å². The molecule has 12 heteroatoms. The van der Waals surface area contributed by atoms with Crippen LogP contribution in [0.25, 0.3) is 0 Å². The second-order valence-corrected chi connectivity index (χ2v) is 9.54. The van der Waals surface area contributed by atoms with Gasteiger partial charge in [0.25, 0.3) is 0 Å². The van der Waals surface area contributed by atoms with Gasteiger partial charge in [-0.1, -0.05) is 12.6 Å². The number of rotatable bonds is 8. The highest BCUT2D eigenvalue weighted by Crippen LogP contribution is 2.40. The van der Waals surface area contributed by atoms with Crippen LogP contribution < -0.4 is 25.3 Å². The second kappa shape index (κ2) is 11.8. The Balaban J connectivity index is 1.45. The summed E-state index contributed by atoms with van der Waals surface area (Å²) in [5.41, 5.74) is 1.89. The van der Waals surface area contributed by atoms with Crippen LogP contribution in [0.15, 0.2) is 55.4 Å². The van der Waals surface area contributed by atoms with Gasteiger partial charge in [-0.25, -0.2) is 23.8 Å². The molecule has 0 spiro atoms. The van der Waals surface area contributed by atoms with E-state index in [1.54, 1.807) is 19.2 Å². The molecule has 0 bridgehead atoms. The van der Waals surface area contributed by atoms with Gasteiger partial charge in [-0.15, -0.1) is 0 Å². The molecule has 0 radical (unpaired) electrons. The lowest BCUT2D eigenvalue weighted by molar-refractivity contribution is -0.111. The van der Waals surface area contributed by atoms with Crippen LogP contribution in [-0.4, -0.2) is 67.7 Å². The SMILES string of the molecule is C=CC(=O)Nc1cc(Nc2cc(N3OCC[C@H]3c3c(F)cccc3F)ncn2)c(OC)cc1N1CCN(C)CC1. The van der Waals surface area contributed by atoms with Gasteiger partial charge in [0.2, 0.25) is 5.91 Å². The molecule has 0 unspecified atom stereocenters. The summed E-state index contributed by atoms with van der Waals surface area (Å²) >= 11 is 0. The number of amides is 1. The smallest absolute Gasteiger partial charge is 0.247 e. The van der Waals surface area contributed by atoms with Crippen molar-refractivity contribution in [1.29, 1.82) is 0 Å². The van der Waals surface area contributed by atoms with Crippen LogP contribution in [0, 0.1) is 11.6 Å². The first-order chi connectivity index (χ1) is 19.4. The molecule has 2 aliphatic heterocycles. The number of benzene rings is 2. The molecule has 10 nitrogen and oxygen atoms in total. The maximum Gasteiger partial charge on any atom is 0.247 e. The molecular formula is C28H31F2N7O3. The van der Waals surface area contributed by atoms with Gasteiger partial charge in [0.15, 0.2) is 5.82 Å². The summed E-state index contributed by atoms with van der Waals surface area (Å²) in [5, 5.41) is 7.52. The number of ether oxygens (including phenoxy) is 1. The number of hydrogen-bond acceptors (Lipinski definition) is 9. The lowest BCUT2D eigenvalue weighted by atomic mass is 10.0. The monoisotopic (exact) mass is 551 g/mol. The lowest BCUT2D eigenvalue weighted by Gasteiger charge is -2.35. The fraction of sp³-hybridized carbons (Fsp3) is 0.321. The third-order valence-corrected chi connectivity index (χ3v) is 6.98. The summed E-state index contributed by atoms with van der Waals surface area (Å²) in [6.45, 7) is 7.20. The number of hydroxylamine groups is 1. The largest absolute Gasteiger partial charge is 0.494 e. The van der Waals surface area contributed by atoms with Crippen LogP contribution in [0.3, 0.4) is 0 Å². The van der Waals surface area contributed by atoms with E-state index in [-0.39, 0.29) is 18.1 Å². The summed E-state index contributed by atoms with van der Waals surface area (Å²) < 4.78 is 34.8. The number of carbonyl (C=O) groups excluding carboxylic acids is 1. The van der Waals surface area contributed by atoms with E-state index in [9.17, 15) is 13.6 Å². The number of carbonyl (C=O) groups is 1. The Kier molecular flexibility index (Phi) is 8.08. The van der Waals surface area contributed by atoms with Gasteiger partial charge in [-0.3, -0.25) is 9.63 Å². The molecule has 2 saturated heterocycles. The average Bonchev–Trinajstić information content (AvgIpc) is 3.43. The van der Waals surface area contributed by atoms with E-state index in [1.807, 2.05) is 6.07 Å². The van der Waals surface area contributed by atoms with Crippen molar-refractivity contribution < 1.29 is 23.1 Å². The number of likely N-dealkylation sites (N-methyl/N-ethyl adjacent to an activating group) is 1. The number of hydrogen-bond donors (Lipinski definition) is 2. The first-order valence-electron chi connectivity index (χ1n) is 12.9. The molecule has 1 atom stereocenters. The molecule has 2 aliphatic rings. The molecule has 40 heavy (non-hydrogen) atoms. The number of anilines is 5. The molecule has 2 fully saturated rings. The zero-order valence-corrected chi connectivity index (χ0v) is 22.4. The van der Waals surface area contributed by atoms with Crippen molar-refractivity contribution in [2.45, 2.75) is 12.5 Å². The molecule has 210 valence electrons. The van der Waals surface area contributed by atoms with Crippen molar-refractivity contribution in [3.05, 3.63) is 72.6 Å². The van der Waals surface area contributed by atoms with Crippen LogP contribution in [0.4, 0.5) is 37.5 Å². The molecule has 2 aromatic carbocycles. The van der Waals surface area contributed by atoms with Crippen molar-refractivity contribution in [3.63, 3.8) is 0 Å². The predicted octanol–water partition coefficient (Wildman–Crippen LogP) is 4.27. The van der Waals surface area contributed by atoms with Crippen LogP contribution in [0.1, 0.15) is 18.0 Å². The molecule has 5 rings (SSSR count). The lowest BCUT2D eigenvalue weighted by Crippen LogP contribution is -2.44. The van der Waals surface area contributed by atoms with Crippen molar-refractivity contribution >= 4 is 34.6 Å². The first-order valence-corrected chi connectivity index (χ1v) is 12.9. The number of nitrogens with zero attached hydrogens (tertiary/aromatic N) is 5. The number of halogens is 2. The van der Waals surface area contributed by atoms with E-state index >= 15 is 0 Å². The standard InChI is InChI=1S/C28H31F2N7O3/c1-4-27(38)34-20-14-21(24(39-3)15-23(20)36-11-9-35(2)10-12-36)33-25-16-26(32-17-31-25)37-22(8-13-40-37)28-18(29)6-5-7-19(28)30/h4-7,14-17,22H,1,8-13H2,2-3H3,(H,34,38)(H,31,32,33)/t22-/m0/s1. The molecule has 1 aromatic heterocycles. The Labute approximate surface area is 231 Å². The number of aromatic nitrogens is 2. The van der Waals surface area contributed by atoms with Crippen molar-refractivity contribution in [2.75, 3.05) is 67.5 Å². The normalized spacial score (nSPS) is 17.6. The Morgan fingerprint density at radius 3 is 2.58 bits per heavy atom. The van der Waals surface area contributed by atoms with E-state index in [2.05, 4.69) is 44.0 Å². The quantitative estimate of drug-likeness (QED) is 0.398. The Bertz CT molecular complexity index is 1380. The van der Waals surface area contributed by atoms with Gasteiger partial charge in [0.1, 0.15) is 29.5 Å². The molecule has 1 amide bonds. The highest BCUT2D eigenvalue weighted by molar-refractivity contribution is 6.02. The van der Waals surface area contributed by atoms with Gasteiger partial charge in [-0.2, -0.15) is 0 Å². The summed E-state index contributed by atoms with van der Waals surface area (Å²) in [7, 11) is 3.64. The minimum absolute atomic E-state index is 0.0723. The molecule has 2 N–H and O–H groups in total. The zero-order valence-electron chi connectivity index (χ0n) is 22.4. The van der Waals surface area contributed by atoms with Crippen LogP contribution in [0.2, 0.25) is 0 Å². The average molecular weight is 552 g/mol. The van der Waals surface area contributed by atoms with Crippen molar-refractivity contribution in [1.82, 2.24) is 14.9 Å². The van der Waals surface area contributed by atoms with E-state index in [0.29, 0.717) is 35.2 Å². The fourth-order valence-corrected chi connectivity index (χ4v) is 4.89. The summed E-state index contributed by atoms with van der Waals surface area (Å²) in [6, 6.07) is 8.35. The van der Waals surface area contributed by atoms with Crippen molar-refractivity contribution in [2.24, 2.45) is 0 Å². The van der Waals surface area contributed by atoms with Gasteiger partial charge in [0.05, 0.1) is 36.8 Å². The molecular weight excluding hydrogens is 520 g/mol. The summed E-state index contributed by atoms with van der Waals surface area (Å²) in [6.07, 6.45) is 2.94. The van der Waals surface area contributed by atoms with E-state index in [0.717, 1.165) is 31.9 Å². The molecule has 0 aliphatic carbocycles. The highest BCUT2D eigenvalue weighted by Gasteiger charge is 2.33. The number of piperazine rings is 1. The number of methoxy groups -OCH3 is 1. The van der Waals surface area contributed by atoms with Crippen LogP contribution in [-0.2, 0) is 9.63 Å². The van der Waals surface area contributed by atoms with Crippen LogP contribution >= 0.6 is 0 Å². The zero-order chi connectivity index (χ0) is 28.2. The summed E-state index contributed by atoms with van der Waals surface area (Å²) in [4.78, 5) is 31.0. The van der Waals surface area contributed by atoms with Gasteiger partial charge in [0, 0.05) is 50.3 Å². The highest BCUT2D eigenvalue weighted by atomic mass is 19.1.